The highest BCUT2D eigenvalue weighted by atomic mass is 35.5. The standard InChI is InChI=1S/C26H19Cl4N/c27-21-9-1-17(2-10-21)25(31)26(18-3-11-22(28)12-4-18,19-5-13-23(29)14-6-19)20-7-15-24(30)16-8-20/h1-16,25H,31H2. The van der Waals surface area contributed by atoms with Gasteiger partial charge in [0.05, 0.1) is 5.41 Å². The smallest absolute Gasteiger partial charge is 0.0643 e. The molecule has 4 aromatic carbocycles. The zero-order valence-electron chi connectivity index (χ0n) is 16.4. The molecule has 0 bridgehead atoms. The third-order valence-corrected chi connectivity index (χ3v) is 6.60. The summed E-state index contributed by atoms with van der Waals surface area (Å²) in [6, 6.07) is 30.6. The van der Waals surface area contributed by atoms with Crippen LogP contribution in [0.2, 0.25) is 20.1 Å². The minimum atomic E-state index is -0.729. The van der Waals surface area contributed by atoms with Gasteiger partial charge in [-0.05, 0) is 70.8 Å². The molecule has 4 aromatic rings. The predicted molar refractivity (Wildman–Crippen MR) is 133 cm³/mol. The van der Waals surface area contributed by atoms with Crippen LogP contribution >= 0.6 is 46.4 Å². The zero-order chi connectivity index (χ0) is 22.0. The largest absolute Gasteiger partial charge is 0.323 e. The molecule has 1 atom stereocenters. The van der Waals surface area contributed by atoms with Gasteiger partial charge in [0.1, 0.15) is 0 Å². The van der Waals surface area contributed by atoms with Crippen LogP contribution < -0.4 is 5.73 Å². The van der Waals surface area contributed by atoms with Crippen molar-refractivity contribution in [3.63, 3.8) is 0 Å². The lowest BCUT2D eigenvalue weighted by Gasteiger charge is -2.41. The van der Waals surface area contributed by atoms with Crippen LogP contribution in [0.25, 0.3) is 0 Å². The Morgan fingerprint density at radius 3 is 1.00 bits per heavy atom. The Morgan fingerprint density at radius 1 is 0.452 bits per heavy atom. The van der Waals surface area contributed by atoms with Crippen molar-refractivity contribution in [2.24, 2.45) is 5.73 Å². The van der Waals surface area contributed by atoms with Crippen LogP contribution in [0, 0.1) is 0 Å². The SMILES string of the molecule is NC(c1ccc(Cl)cc1)C(c1ccc(Cl)cc1)(c1ccc(Cl)cc1)c1ccc(Cl)cc1. The van der Waals surface area contributed by atoms with E-state index in [-0.39, 0.29) is 0 Å². The van der Waals surface area contributed by atoms with Gasteiger partial charge in [0.2, 0.25) is 0 Å². The van der Waals surface area contributed by atoms with E-state index < -0.39 is 11.5 Å². The molecule has 0 saturated heterocycles. The molecule has 1 unspecified atom stereocenters. The van der Waals surface area contributed by atoms with Crippen molar-refractivity contribution in [2.45, 2.75) is 11.5 Å². The van der Waals surface area contributed by atoms with Gasteiger partial charge in [0.15, 0.2) is 0 Å². The molecule has 0 fully saturated rings. The van der Waals surface area contributed by atoms with Gasteiger partial charge < -0.3 is 5.73 Å². The topological polar surface area (TPSA) is 26.0 Å². The molecule has 31 heavy (non-hydrogen) atoms. The van der Waals surface area contributed by atoms with Crippen molar-refractivity contribution in [1.29, 1.82) is 0 Å². The quantitative estimate of drug-likeness (QED) is 0.282. The second kappa shape index (κ2) is 9.24. The monoisotopic (exact) mass is 485 g/mol. The molecule has 0 radical (unpaired) electrons. The zero-order valence-corrected chi connectivity index (χ0v) is 19.4. The molecule has 0 heterocycles. The molecule has 0 aromatic heterocycles. The fourth-order valence-electron chi connectivity index (χ4n) is 4.10. The van der Waals surface area contributed by atoms with E-state index >= 15 is 0 Å². The Bertz CT molecular complexity index is 1040. The van der Waals surface area contributed by atoms with E-state index in [0.717, 1.165) is 22.3 Å². The van der Waals surface area contributed by atoms with Crippen molar-refractivity contribution in [2.75, 3.05) is 0 Å². The Balaban J connectivity index is 2.06. The third-order valence-electron chi connectivity index (χ3n) is 5.59. The van der Waals surface area contributed by atoms with E-state index in [1.807, 2.05) is 97.1 Å². The number of nitrogens with two attached hydrogens (primary N) is 1. The summed E-state index contributed by atoms with van der Waals surface area (Å²) in [5.74, 6) is 0. The fraction of sp³-hybridized carbons (Fsp3) is 0.0769. The molecule has 2 N–H and O–H groups in total. The summed E-state index contributed by atoms with van der Waals surface area (Å²) in [6.45, 7) is 0. The minimum absolute atomic E-state index is 0.437. The van der Waals surface area contributed by atoms with Crippen molar-refractivity contribution in [3.8, 4) is 0 Å². The van der Waals surface area contributed by atoms with E-state index in [1.165, 1.54) is 0 Å². The second-order valence-corrected chi connectivity index (χ2v) is 9.10. The first-order chi connectivity index (χ1) is 14.9. The molecule has 0 spiro atoms. The molecule has 0 aliphatic rings. The number of hydrogen-bond acceptors (Lipinski definition) is 1. The molecule has 5 heteroatoms. The first-order valence-corrected chi connectivity index (χ1v) is 11.2. The van der Waals surface area contributed by atoms with Gasteiger partial charge in [-0.25, -0.2) is 0 Å². The summed E-state index contributed by atoms with van der Waals surface area (Å²) in [5, 5.41) is 2.63. The highest BCUT2D eigenvalue weighted by Crippen LogP contribution is 2.48. The Morgan fingerprint density at radius 2 is 0.710 bits per heavy atom. The Labute approximate surface area is 202 Å². The molecule has 0 amide bonds. The molecule has 1 nitrogen and oxygen atoms in total. The summed E-state index contributed by atoms with van der Waals surface area (Å²) < 4.78 is 0. The Kier molecular flexibility index (Phi) is 6.62. The summed E-state index contributed by atoms with van der Waals surface area (Å²) in [6.07, 6.45) is 0. The first kappa shape index (κ1) is 22.2. The second-order valence-electron chi connectivity index (χ2n) is 7.36. The van der Waals surface area contributed by atoms with Crippen molar-refractivity contribution < 1.29 is 0 Å². The lowest BCUT2D eigenvalue weighted by molar-refractivity contribution is 0.492. The van der Waals surface area contributed by atoms with Crippen molar-refractivity contribution in [1.82, 2.24) is 0 Å². The van der Waals surface area contributed by atoms with Gasteiger partial charge in [0.25, 0.3) is 0 Å². The van der Waals surface area contributed by atoms with E-state index in [1.54, 1.807) is 0 Å². The summed E-state index contributed by atoms with van der Waals surface area (Å²) in [7, 11) is 0. The van der Waals surface area contributed by atoms with Crippen LogP contribution in [-0.2, 0) is 5.41 Å². The van der Waals surface area contributed by atoms with Gasteiger partial charge in [-0.2, -0.15) is 0 Å². The molecule has 0 saturated carbocycles. The molecule has 4 rings (SSSR count). The molecular formula is C26H19Cl4N. The van der Waals surface area contributed by atoms with Crippen molar-refractivity contribution in [3.05, 3.63) is 139 Å². The fourth-order valence-corrected chi connectivity index (χ4v) is 4.60. The Hall–Kier alpha value is -2.00. The minimum Gasteiger partial charge on any atom is -0.323 e. The number of benzene rings is 4. The normalized spacial score (nSPS) is 12.5. The van der Waals surface area contributed by atoms with Crippen LogP contribution in [0.1, 0.15) is 28.3 Å². The van der Waals surface area contributed by atoms with Crippen LogP contribution in [0.5, 0.6) is 0 Å². The van der Waals surface area contributed by atoms with Gasteiger partial charge in [-0.15, -0.1) is 0 Å². The van der Waals surface area contributed by atoms with Crippen LogP contribution in [0.15, 0.2) is 97.1 Å². The predicted octanol–water partition coefficient (Wildman–Crippen LogP) is 8.33. The van der Waals surface area contributed by atoms with E-state index in [4.69, 9.17) is 52.1 Å². The van der Waals surface area contributed by atoms with Crippen LogP contribution in [-0.4, -0.2) is 0 Å². The first-order valence-electron chi connectivity index (χ1n) is 9.70. The average molecular weight is 487 g/mol. The van der Waals surface area contributed by atoms with Gasteiger partial charge in [-0.1, -0.05) is 94.9 Å². The number of hydrogen-bond donors (Lipinski definition) is 1. The summed E-state index contributed by atoms with van der Waals surface area (Å²) >= 11 is 24.8. The van der Waals surface area contributed by atoms with E-state index in [9.17, 15) is 0 Å². The third kappa shape index (κ3) is 4.35. The van der Waals surface area contributed by atoms with Crippen molar-refractivity contribution >= 4 is 46.4 Å². The van der Waals surface area contributed by atoms with Gasteiger partial charge in [-0.3, -0.25) is 0 Å². The van der Waals surface area contributed by atoms with E-state index in [0.29, 0.717) is 20.1 Å². The summed E-state index contributed by atoms with van der Waals surface area (Å²) in [5.41, 5.74) is 10.3. The molecule has 156 valence electrons. The van der Waals surface area contributed by atoms with Gasteiger partial charge in [0, 0.05) is 26.1 Å². The highest BCUT2D eigenvalue weighted by Gasteiger charge is 2.43. The van der Waals surface area contributed by atoms with E-state index in [2.05, 4.69) is 0 Å². The molecule has 0 aliphatic carbocycles. The van der Waals surface area contributed by atoms with Gasteiger partial charge >= 0.3 is 0 Å². The number of halogens is 4. The maximum Gasteiger partial charge on any atom is 0.0643 e. The maximum absolute atomic E-state index is 7.09. The number of rotatable bonds is 5. The van der Waals surface area contributed by atoms with Crippen LogP contribution in [0.3, 0.4) is 0 Å². The average Bonchev–Trinajstić information content (AvgIpc) is 2.78. The lowest BCUT2D eigenvalue weighted by Crippen LogP contribution is -2.41. The summed E-state index contributed by atoms with van der Waals surface area (Å²) in [4.78, 5) is 0. The highest BCUT2D eigenvalue weighted by molar-refractivity contribution is 6.31. The van der Waals surface area contributed by atoms with Crippen LogP contribution in [0.4, 0.5) is 0 Å². The lowest BCUT2D eigenvalue weighted by atomic mass is 9.63. The molecule has 0 aliphatic heterocycles. The molecular weight excluding hydrogens is 468 g/mol. The maximum atomic E-state index is 7.09.